The van der Waals surface area contributed by atoms with Crippen molar-refractivity contribution in [1.29, 1.82) is 0 Å². The summed E-state index contributed by atoms with van der Waals surface area (Å²) in [7, 11) is 0. The van der Waals surface area contributed by atoms with Crippen LogP contribution < -0.4 is 11.6 Å². The maximum atomic E-state index is 10.5. The maximum absolute atomic E-state index is 10.5. The van der Waals surface area contributed by atoms with Crippen molar-refractivity contribution in [2.24, 2.45) is 11.6 Å². The van der Waals surface area contributed by atoms with Gasteiger partial charge in [0.25, 0.3) is 0 Å². The molecule has 0 aromatic heterocycles. The lowest BCUT2D eigenvalue weighted by molar-refractivity contribution is -0.0619. The lowest BCUT2D eigenvalue weighted by atomic mass is 10.5. The number of rotatable bonds is 1. The van der Waals surface area contributed by atoms with Crippen LogP contribution >= 0.6 is 0 Å². The van der Waals surface area contributed by atoms with Crippen LogP contribution in [0.15, 0.2) is 0 Å². The molecule has 0 aromatic carbocycles. The Hall–Kier alpha value is -0.850. The second kappa shape index (κ2) is 3.51. The zero-order valence-corrected chi connectivity index (χ0v) is 6.19. The minimum Gasteiger partial charge on any atom is -0.379 e. The zero-order valence-electron chi connectivity index (χ0n) is 6.19. The first kappa shape index (κ1) is 8.25. The Morgan fingerprint density at radius 3 is 2.45 bits per heavy atom. The average molecular weight is 160 g/mol. The zero-order chi connectivity index (χ0) is 8.27. The van der Waals surface area contributed by atoms with Crippen molar-refractivity contribution >= 4 is 6.03 Å². The van der Waals surface area contributed by atoms with Gasteiger partial charge in [-0.25, -0.2) is 10.6 Å². The largest absolute Gasteiger partial charge is 0.379 e. The SMILES string of the molecule is NC(=O)N(N)N1CCOCC1. The van der Waals surface area contributed by atoms with Gasteiger partial charge in [0, 0.05) is 13.1 Å². The van der Waals surface area contributed by atoms with Crippen LogP contribution in [-0.4, -0.2) is 42.5 Å². The number of nitrogens with zero attached hydrogens (tertiary/aromatic N) is 2. The van der Waals surface area contributed by atoms with Gasteiger partial charge in [-0.05, 0) is 0 Å². The van der Waals surface area contributed by atoms with E-state index < -0.39 is 6.03 Å². The fraction of sp³-hybridized carbons (Fsp3) is 0.800. The maximum Gasteiger partial charge on any atom is 0.344 e. The van der Waals surface area contributed by atoms with Gasteiger partial charge >= 0.3 is 6.03 Å². The van der Waals surface area contributed by atoms with Crippen molar-refractivity contribution in [3.05, 3.63) is 0 Å². The van der Waals surface area contributed by atoms with Gasteiger partial charge in [0.05, 0.1) is 13.2 Å². The van der Waals surface area contributed by atoms with Gasteiger partial charge in [0.1, 0.15) is 0 Å². The number of carbonyl (C=O) groups excluding carboxylic acids is 1. The Morgan fingerprint density at radius 2 is 2.00 bits per heavy atom. The fourth-order valence-electron chi connectivity index (χ4n) is 0.909. The summed E-state index contributed by atoms with van der Waals surface area (Å²) in [5.41, 5.74) is 4.95. The highest BCUT2D eigenvalue weighted by Gasteiger charge is 2.17. The number of carbonyl (C=O) groups is 1. The summed E-state index contributed by atoms with van der Waals surface area (Å²) in [6.07, 6.45) is 0. The normalized spacial score (nSPS) is 19.7. The van der Waals surface area contributed by atoms with Crippen LogP contribution in [0.5, 0.6) is 0 Å². The van der Waals surface area contributed by atoms with E-state index in [9.17, 15) is 4.79 Å². The smallest absolute Gasteiger partial charge is 0.344 e. The Labute approximate surface area is 64.6 Å². The second-order valence-electron chi connectivity index (χ2n) is 2.25. The Kier molecular flexibility index (Phi) is 2.64. The number of hydrogen-bond donors (Lipinski definition) is 2. The molecular formula is C5H12N4O2. The molecule has 64 valence electrons. The topological polar surface area (TPSA) is 84.8 Å². The second-order valence-corrected chi connectivity index (χ2v) is 2.25. The number of primary amides is 1. The van der Waals surface area contributed by atoms with Gasteiger partial charge in [0.2, 0.25) is 0 Å². The lowest BCUT2D eigenvalue weighted by Crippen LogP contribution is -2.56. The molecule has 0 spiro atoms. The first-order chi connectivity index (χ1) is 5.22. The van der Waals surface area contributed by atoms with Crippen LogP contribution in [0.2, 0.25) is 0 Å². The molecule has 1 rings (SSSR count). The summed E-state index contributed by atoms with van der Waals surface area (Å²) in [5, 5.41) is 2.56. The Bertz CT molecular complexity index is 145. The molecule has 0 radical (unpaired) electrons. The van der Waals surface area contributed by atoms with Crippen LogP contribution in [0.3, 0.4) is 0 Å². The van der Waals surface area contributed by atoms with Gasteiger partial charge in [-0.2, -0.15) is 10.1 Å². The summed E-state index contributed by atoms with van der Waals surface area (Å²) >= 11 is 0. The first-order valence-corrected chi connectivity index (χ1v) is 3.38. The molecule has 2 amide bonds. The van der Waals surface area contributed by atoms with E-state index in [1.807, 2.05) is 0 Å². The van der Waals surface area contributed by atoms with E-state index >= 15 is 0 Å². The quantitative estimate of drug-likeness (QED) is 0.277. The summed E-state index contributed by atoms with van der Waals surface area (Å²) in [4.78, 5) is 10.5. The van der Waals surface area contributed by atoms with E-state index in [-0.39, 0.29) is 0 Å². The van der Waals surface area contributed by atoms with E-state index in [0.717, 1.165) is 5.12 Å². The van der Waals surface area contributed by atoms with E-state index in [1.165, 1.54) is 0 Å². The summed E-state index contributed by atoms with van der Waals surface area (Å²) < 4.78 is 5.05. The Balaban J connectivity index is 2.38. The van der Waals surface area contributed by atoms with Crippen molar-refractivity contribution in [2.75, 3.05) is 26.3 Å². The van der Waals surface area contributed by atoms with Gasteiger partial charge in [-0.1, -0.05) is 0 Å². The van der Waals surface area contributed by atoms with Gasteiger partial charge in [0.15, 0.2) is 0 Å². The average Bonchev–Trinajstić information content (AvgIpc) is 2.05. The number of ether oxygens (including phenoxy) is 1. The molecule has 1 aliphatic heterocycles. The first-order valence-electron chi connectivity index (χ1n) is 3.38. The van der Waals surface area contributed by atoms with Crippen molar-refractivity contribution in [1.82, 2.24) is 10.1 Å². The summed E-state index contributed by atoms with van der Waals surface area (Å²) in [5.74, 6) is 5.32. The molecule has 1 aliphatic rings. The third-order valence-corrected chi connectivity index (χ3v) is 1.52. The summed E-state index contributed by atoms with van der Waals surface area (Å²) in [6.45, 7) is 2.39. The molecule has 1 fully saturated rings. The predicted molar refractivity (Wildman–Crippen MR) is 38.0 cm³/mol. The number of nitrogens with two attached hydrogens (primary N) is 2. The van der Waals surface area contributed by atoms with E-state index in [1.54, 1.807) is 5.01 Å². The van der Waals surface area contributed by atoms with Crippen LogP contribution in [0, 0.1) is 0 Å². The molecular weight excluding hydrogens is 148 g/mol. The third-order valence-electron chi connectivity index (χ3n) is 1.52. The van der Waals surface area contributed by atoms with Crippen LogP contribution in [0.25, 0.3) is 0 Å². The lowest BCUT2D eigenvalue weighted by Gasteiger charge is -2.32. The predicted octanol–water partition coefficient (Wildman–Crippen LogP) is -1.51. The van der Waals surface area contributed by atoms with Crippen molar-refractivity contribution < 1.29 is 9.53 Å². The van der Waals surface area contributed by atoms with Gasteiger partial charge in [-0.15, -0.1) is 0 Å². The highest BCUT2D eigenvalue weighted by Crippen LogP contribution is 1.97. The van der Waals surface area contributed by atoms with Gasteiger partial charge < -0.3 is 10.5 Å². The van der Waals surface area contributed by atoms with Gasteiger partial charge in [-0.3, -0.25) is 0 Å². The van der Waals surface area contributed by atoms with Crippen LogP contribution in [0.4, 0.5) is 4.79 Å². The Morgan fingerprint density at radius 1 is 1.45 bits per heavy atom. The highest BCUT2D eigenvalue weighted by molar-refractivity contribution is 5.70. The molecule has 1 saturated heterocycles. The number of urea groups is 1. The molecule has 6 nitrogen and oxygen atoms in total. The molecule has 11 heavy (non-hydrogen) atoms. The molecule has 0 atom stereocenters. The van der Waals surface area contributed by atoms with Crippen molar-refractivity contribution in [3.8, 4) is 0 Å². The molecule has 0 unspecified atom stereocenters. The standard InChI is InChI=1S/C5H12N4O2/c6-5(10)9(7)8-1-3-11-4-2-8/h1-4,7H2,(H2,6,10). The number of amides is 2. The third kappa shape index (κ3) is 2.04. The molecule has 0 saturated carbocycles. The molecule has 0 aliphatic carbocycles. The van der Waals surface area contributed by atoms with E-state index in [2.05, 4.69) is 0 Å². The van der Waals surface area contributed by atoms with Crippen LogP contribution in [-0.2, 0) is 4.74 Å². The number of morpholine rings is 1. The van der Waals surface area contributed by atoms with Crippen molar-refractivity contribution in [2.45, 2.75) is 0 Å². The van der Waals surface area contributed by atoms with E-state index in [0.29, 0.717) is 26.3 Å². The highest BCUT2D eigenvalue weighted by atomic mass is 16.5. The molecule has 1 heterocycles. The van der Waals surface area contributed by atoms with E-state index in [4.69, 9.17) is 16.3 Å². The van der Waals surface area contributed by atoms with Crippen molar-refractivity contribution in [3.63, 3.8) is 0 Å². The molecule has 4 N–H and O–H groups in total. The minimum absolute atomic E-state index is 0.584. The monoisotopic (exact) mass is 160 g/mol. The molecule has 6 heteroatoms. The number of hydrogen-bond acceptors (Lipinski definition) is 4. The summed E-state index contributed by atoms with van der Waals surface area (Å²) in [6, 6.07) is -0.646. The molecule has 0 aromatic rings. The minimum atomic E-state index is -0.646. The molecule has 0 bridgehead atoms. The fourth-order valence-corrected chi connectivity index (χ4v) is 0.909. The van der Waals surface area contributed by atoms with Crippen LogP contribution in [0.1, 0.15) is 0 Å². The number of hydrazine groups is 2.